The van der Waals surface area contributed by atoms with Gasteiger partial charge in [0.2, 0.25) is 0 Å². The SMILES string of the molecule is CC(C)c1c(-c2ccc(Cl)cc2)cnn2c(=O)n(Cc3ccc(C(F)(F)F)nc3)nc12. The molecule has 3 aromatic heterocycles. The molecule has 0 amide bonds. The van der Waals surface area contributed by atoms with Gasteiger partial charge in [0.15, 0.2) is 5.65 Å². The second-order valence-electron chi connectivity index (χ2n) is 7.36. The number of nitrogens with zero attached hydrogens (tertiary/aromatic N) is 5. The molecule has 0 aliphatic carbocycles. The molecule has 3 heterocycles. The lowest BCUT2D eigenvalue weighted by Gasteiger charge is -2.13. The minimum Gasteiger partial charge on any atom is -0.251 e. The lowest BCUT2D eigenvalue weighted by Crippen LogP contribution is -2.23. The van der Waals surface area contributed by atoms with Crippen LogP contribution in [0.5, 0.6) is 0 Å². The second kappa shape index (κ2) is 7.81. The van der Waals surface area contributed by atoms with Crippen LogP contribution in [-0.2, 0) is 12.7 Å². The largest absolute Gasteiger partial charge is 0.433 e. The van der Waals surface area contributed by atoms with Crippen LogP contribution in [0.3, 0.4) is 0 Å². The maximum Gasteiger partial charge on any atom is 0.433 e. The number of alkyl halides is 3. The van der Waals surface area contributed by atoms with Gasteiger partial charge >= 0.3 is 11.9 Å². The fourth-order valence-electron chi connectivity index (χ4n) is 3.37. The number of fused-ring (bicyclic) bond motifs is 1. The highest BCUT2D eigenvalue weighted by Gasteiger charge is 2.32. The Morgan fingerprint density at radius 3 is 2.35 bits per heavy atom. The number of aromatic nitrogens is 5. The third-order valence-electron chi connectivity index (χ3n) is 4.83. The molecule has 0 aliphatic rings. The summed E-state index contributed by atoms with van der Waals surface area (Å²) in [4.78, 5) is 16.2. The molecule has 0 atom stereocenters. The van der Waals surface area contributed by atoms with Gasteiger partial charge < -0.3 is 0 Å². The molecule has 0 spiro atoms. The first-order valence-electron chi connectivity index (χ1n) is 9.42. The molecule has 0 saturated heterocycles. The number of hydrogen-bond acceptors (Lipinski definition) is 4. The summed E-state index contributed by atoms with van der Waals surface area (Å²) >= 11 is 5.99. The Kier molecular flexibility index (Phi) is 5.30. The van der Waals surface area contributed by atoms with Crippen molar-refractivity contribution in [1.29, 1.82) is 0 Å². The average Bonchev–Trinajstić information content (AvgIpc) is 3.03. The van der Waals surface area contributed by atoms with Gasteiger partial charge in [0.1, 0.15) is 5.69 Å². The monoisotopic (exact) mass is 447 g/mol. The van der Waals surface area contributed by atoms with Gasteiger partial charge in [-0.05, 0) is 35.2 Å². The van der Waals surface area contributed by atoms with Crippen molar-refractivity contribution >= 4 is 17.2 Å². The smallest absolute Gasteiger partial charge is 0.251 e. The zero-order valence-corrected chi connectivity index (χ0v) is 17.3. The van der Waals surface area contributed by atoms with E-state index in [0.29, 0.717) is 16.2 Å². The molecule has 0 bridgehead atoms. The van der Waals surface area contributed by atoms with E-state index >= 15 is 0 Å². The van der Waals surface area contributed by atoms with Crippen LogP contribution in [0.2, 0.25) is 5.02 Å². The van der Waals surface area contributed by atoms with E-state index in [9.17, 15) is 18.0 Å². The van der Waals surface area contributed by atoms with Crippen LogP contribution in [0.25, 0.3) is 16.8 Å². The Balaban J connectivity index is 1.78. The Labute approximate surface area is 179 Å². The summed E-state index contributed by atoms with van der Waals surface area (Å²) < 4.78 is 40.5. The third-order valence-corrected chi connectivity index (χ3v) is 5.08. The first kappa shape index (κ1) is 21.0. The van der Waals surface area contributed by atoms with Crippen LogP contribution in [0.15, 0.2) is 53.6 Å². The van der Waals surface area contributed by atoms with Crippen LogP contribution in [0.4, 0.5) is 13.2 Å². The van der Waals surface area contributed by atoms with Crippen molar-refractivity contribution in [3.8, 4) is 11.1 Å². The molecule has 0 saturated carbocycles. The average molecular weight is 448 g/mol. The Morgan fingerprint density at radius 1 is 1.06 bits per heavy atom. The van der Waals surface area contributed by atoms with E-state index in [1.54, 1.807) is 18.3 Å². The third kappa shape index (κ3) is 4.05. The Bertz CT molecular complexity index is 1290. The highest BCUT2D eigenvalue weighted by molar-refractivity contribution is 6.30. The van der Waals surface area contributed by atoms with Crippen molar-refractivity contribution in [3.05, 3.63) is 81.1 Å². The summed E-state index contributed by atoms with van der Waals surface area (Å²) in [7, 11) is 0. The van der Waals surface area contributed by atoms with Crippen LogP contribution in [-0.4, -0.2) is 24.4 Å². The van der Waals surface area contributed by atoms with Gasteiger partial charge in [0, 0.05) is 22.3 Å². The lowest BCUT2D eigenvalue weighted by molar-refractivity contribution is -0.141. The van der Waals surface area contributed by atoms with Gasteiger partial charge in [-0.2, -0.15) is 22.8 Å². The van der Waals surface area contributed by atoms with E-state index in [-0.39, 0.29) is 12.5 Å². The van der Waals surface area contributed by atoms with Crippen molar-refractivity contribution in [2.24, 2.45) is 0 Å². The molecule has 160 valence electrons. The van der Waals surface area contributed by atoms with Crippen molar-refractivity contribution in [2.45, 2.75) is 32.5 Å². The number of hydrogen-bond donors (Lipinski definition) is 0. The summed E-state index contributed by atoms with van der Waals surface area (Å²) in [6.07, 6.45) is -1.82. The Hall–Kier alpha value is -3.20. The fourth-order valence-corrected chi connectivity index (χ4v) is 3.49. The summed E-state index contributed by atoms with van der Waals surface area (Å²) in [5.41, 5.74) is 1.88. The number of benzene rings is 1. The Morgan fingerprint density at radius 2 is 1.77 bits per heavy atom. The van der Waals surface area contributed by atoms with Crippen molar-refractivity contribution in [3.63, 3.8) is 0 Å². The number of halogens is 4. The topological polar surface area (TPSA) is 65.1 Å². The fraction of sp³-hybridized carbons (Fsp3) is 0.238. The minimum atomic E-state index is -4.52. The van der Waals surface area contributed by atoms with Crippen LogP contribution in [0, 0.1) is 0 Å². The van der Waals surface area contributed by atoms with E-state index < -0.39 is 17.6 Å². The van der Waals surface area contributed by atoms with Gasteiger partial charge in [-0.1, -0.05) is 43.6 Å². The first-order valence-corrected chi connectivity index (χ1v) is 9.80. The van der Waals surface area contributed by atoms with Crippen molar-refractivity contribution in [1.82, 2.24) is 24.4 Å². The quantitative estimate of drug-likeness (QED) is 0.451. The summed E-state index contributed by atoms with van der Waals surface area (Å²) in [5, 5.41) is 9.29. The molecular formula is C21H17ClF3N5O. The molecule has 0 radical (unpaired) electrons. The highest BCUT2D eigenvalue weighted by atomic mass is 35.5. The van der Waals surface area contributed by atoms with Crippen LogP contribution >= 0.6 is 11.6 Å². The zero-order valence-electron chi connectivity index (χ0n) is 16.6. The molecule has 0 N–H and O–H groups in total. The van der Waals surface area contributed by atoms with E-state index in [0.717, 1.165) is 29.0 Å². The molecule has 1 aromatic carbocycles. The number of pyridine rings is 1. The van der Waals surface area contributed by atoms with E-state index in [2.05, 4.69) is 15.2 Å². The van der Waals surface area contributed by atoms with Gasteiger partial charge in [-0.25, -0.2) is 9.48 Å². The van der Waals surface area contributed by atoms with Gasteiger partial charge in [0.25, 0.3) is 0 Å². The zero-order chi connectivity index (χ0) is 22.3. The van der Waals surface area contributed by atoms with E-state index in [1.807, 2.05) is 26.0 Å². The predicted octanol–water partition coefficient (Wildman–Crippen LogP) is 4.80. The molecule has 0 fully saturated rings. The summed E-state index contributed by atoms with van der Waals surface area (Å²) in [6, 6.07) is 9.44. The van der Waals surface area contributed by atoms with Crippen molar-refractivity contribution in [2.75, 3.05) is 0 Å². The van der Waals surface area contributed by atoms with E-state index in [4.69, 9.17) is 11.6 Å². The molecule has 0 aliphatic heterocycles. The summed E-state index contributed by atoms with van der Waals surface area (Å²) in [6.45, 7) is 3.94. The van der Waals surface area contributed by atoms with Crippen LogP contribution < -0.4 is 5.69 Å². The van der Waals surface area contributed by atoms with Crippen molar-refractivity contribution < 1.29 is 13.2 Å². The van der Waals surface area contributed by atoms with E-state index in [1.165, 1.54) is 15.3 Å². The lowest BCUT2D eigenvalue weighted by atomic mass is 9.95. The molecule has 10 heteroatoms. The standard InChI is InChI=1S/C21H17ClF3N5O/c1-12(2)18-16(14-4-6-15(22)7-5-14)10-27-30-19(18)28-29(20(30)31)11-13-3-8-17(26-9-13)21(23,24)25/h3-10,12H,11H2,1-2H3. The predicted molar refractivity (Wildman–Crippen MR) is 110 cm³/mol. The molecule has 31 heavy (non-hydrogen) atoms. The second-order valence-corrected chi connectivity index (χ2v) is 7.80. The first-order chi connectivity index (χ1) is 14.6. The molecule has 0 unspecified atom stereocenters. The summed E-state index contributed by atoms with van der Waals surface area (Å²) in [5.74, 6) is 0.0270. The van der Waals surface area contributed by atoms with Gasteiger partial charge in [-0.15, -0.1) is 5.10 Å². The molecule has 4 aromatic rings. The highest BCUT2D eigenvalue weighted by Crippen LogP contribution is 2.31. The maximum absolute atomic E-state index is 12.8. The van der Waals surface area contributed by atoms with Gasteiger partial charge in [0.05, 0.1) is 12.7 Å². The minimum absolute atomic E-state index is 0.0266. The molecule has 6 nitrogen and oxygen atoms in total. The number of rotatable bonds is 4. The molecular weight excluding hydrogens is 431 g/mol. The van der Waals surface area contributed by atoms with Gasteiger partial charge in [-0.3, -0.25) is 4.98 Å². The van der Waals surface area contributed by atoms with Crippen LogP contribution in [0.1, 0.15) is 36.6 Å². The maximum atomic E-state index is 12.8. The molecule has 4 rings (SSSR count). The normalized spacial score (nSPS) is 12.1.